The number of aromatic nitrogens is 1. The molecule has 3 aromatic rings. The molecule has 6 rings (SSSR count). The van der Waals surface area contributed by atoms with Gasteiger partial charge in [0.1, 0.15) is 5.60 Å². The monoisotopic (exact) mass is 661 g/mol. The summed E-state index contributed by atoms with van der Waals surface area (Å²) in [5.41, 5.74) is -0.490. The third-order valence-corrected chi connectivity index (χ3v) is 9.48. The fourth-order valence-corrected chi connectivity index (χ4v) is 7.30. The summed E-state index contributed by atoms with van der Waals surface area (Å²) < 4.78 is 48.9. The summed E-state index contributed by atoms with van der Waals surface area (Å²) >= 11 is 6.71. The third kappa shape index (κ3) is 6.38. The van der Waals surface area contributed by atoms with E-state index in [1.165, 1.54) is 16.7 Å². The second kappa shape index (κ2) is 11.6. The van der Waals surface area contributed by atoms with Crippen LogP contribution in [0.2, 0.25) is 5.02 Å². The van der Waals surface area contributed by atoms with E-state index in [-0.39, 0.29) is 52.5 Å². The number of halogens is 4. The number of nitrogens with zero attached hydrogens (tertiary/aromatic N) is 5. The Morgan fingerprint density at radius 2 is 1.89 bits per heavy atom. The maximum atomic E-state index is 14.0. The van der Waals surface area contributed by atoms with E-state index in [4.69, 9.17) is 16.3 Å². The zero-order valence-electron chi connectivity index (χ0n) is 24.8. The van der Waals surface area contributed by atoms with Gasteiger partial charge in [0.05, 0.1) is 22.0 Å². The molecule has 4 heterocycles. The number of thiazole rings is 1. The Morgan fingerprint density at radius 1 is 1.11 bits per heavy atom. The lowest BCUT2D eigenvalue weighted by atomic mass is 9.96. The summed E-state index contributed by atoms with van der Waals surface area (Å²) in [4.78, 5) is 29.6. The molecule has 1 N–H and O–H groups in total. The summed E-state index contributed by atoms with van der Waals surface area (Å²) in [6, 6.07) is 8.82. The third-order valence-electron chi connectivity index (χ3n) is 8.22. The van der Waals surface area contributed by atoms with Gasteiger partial charge in [-0.2, -0.15) is 23.4 Å². The fraction of sp³-hybridized carbons (Fsp3) is 0.419. The minimum Gasteiger partial charge on any atom is -0.493 e. The number of amides is 1. The highest BCUT2D eigenvalue weighted by Crippen LogP contribution is 2.37. The average Bonchev–Trinajstić information content (AvgIpc) is 3.73. The first-order valence-corrected chi connectivity index (χ1v) is 15.6. The Morgan fingerprint density at radius 3 is 2.58 bits per heavy atom. The van der Waals surface area contributed by atoms with Gasteiger partial charge in [0, 0.05) is 55.3 Å². The van der Waals surface area contributed by atoms with Crippen molar-refractivity contribution in [2.75, 3.05) is 19.6 Å². The molecule has 0 saturated carbocycles. The lowest BCUT2D eigenvalue weighted by Gasteiger charge is -2.35. The van der Waals surface area contributed by atoms with Crippen LogP contribution in [0.15, 0.2) is 51.4 Å². The van der Waals surface area contributed by atoms with E-state index in [1.54, 1.807) is 29.3 Å². The van der Waals surface area contributed by atoms with Crippen LogP contribution in [0.4, 0.5) is 18.0 Å². The number of hydrogen-bond donors (Lipinski definition) is 1. The second-order valence-corrected chi connectivity index (χ2v) is 13.8. The maximum Gasteiger partial charge on any atom is 0.416 e. The van der Waals surface area contributed by atoms with Crippen molar-refractivity contribution in [1.29, 1.82) is 0 Å². The minimum absolute atomic E-state index is 0.00503. The van der Waals surface area contributed by atoms with Gasteiger partial charge in [0.25, 0.3) is 0 Å². The predicted molar refractivity (Wildman–Crippen MR) is 164 cm³/mol. The van der Waals surface area contributed by atoms with Crippen molar-refractivity contribution in [3.63, 3.8) is 0 Å². The van der Waals surface area contributed by atoms with Crippen molar-refractivity contribution in [2.24, 2.45) is 10.2 Å². The van der Waals surface area contributed by atoms with Crippen molar-refractivity contribution >= 4 is 40.8 Å². The number of fused-ring (bicyclic) bond motifs is 3. The fourth-order valence-electron chi connectivity index (χ4n) is 6.15. The lowest BCUT2D eigenvalue weighted by molar-refractivity contribution is -0.138. The standard InChI is InChI=1S/C31H31ClF3N5O4S/c1-30(2,3)44-28(42)40-16-21-13-22(40)15-38(21)8-9-39-27(41)26(45-29(39)43)23(17-5-7-25-19(10-17)14-36-37-25)11-18-4-6-20(32)12-24(18)31(33,34)35/h4-7,10,12,14,21-22,41H,8-9,11,13,15-16H2,1-3H3/t21-,22-/m0/s1. The van der Waals surface area contributed by atoms with E-state index < -0.39 is 22.2 Å². The van der Waals surface area contributed by atoms with E-state index >= 15 is 0 Å². The highest BCUT2D eigenvalue weighted by molar-refractivity contribution is 7.10. The van der Waals surface area contributed by atoms with Crippen LogP contribution >= 0.6 is 22.9 Å². The van der Waals surface area contributed by atoms with Crippen LogP contribution in [-0.4, -0.2) is 69.1 Å². The highest BCUT2D eigenvalue weighted by Gasteiger charge is 2.46. The quantitative estimate of drug-likeness (QED) is 0.423. The first-order valence-electron chi connectivity index (χ1n) is 14.4. The first kappa shape index (κ1) is 31.3. The van der Waals surface area contributed by atoms with Gasteiger partial charge in [0.2, 0.25) is 5.88 Å². The van der Waals surface area contributed by atoms with Crippen molar-refractivity contribution in [2.45, 2.75) is 64.0 Å². The number of rotatable bonds is 6. The Kier molecular flexibility index (Phi) is 8.07. The molecule has 2 bridgehead atoms. The molecule has 0 unspecified atom stereocenters. The number of alkyl halides is 3. The number of hydrogen-bond acceptors (Lipinski definition) is 8. The zero-order valence-corrected chi connectivity index (χ0v) is 26.3. The second-order valence-electron chi connectivity index (χ2n) is 12.4. The van der Waals surface area contributed by atoms with Crippen LogP contribution in [-0.2, 0) is 23.9 Å². The highest BCUT2D eigenvalue weighted by atomic mass is 35.5. The predicted octanol–water partition coefficient (Wildman–Crippen LogP) is 4.39. The molecule has 45 heavy (non-hydrogen) atoms. The summed E-state index contributed by atoms with van der Waals surface area (Å²) in [7, 11) is 0. The summed E-state index contributed by atoms with van der Waals surface area (Å²) in [6.07, 6.45) is -2.88. The molecular weight excluding hydrogens is 631 g/mol. The number of carbonyl (C=O) groups is 1. The summed E-state index contributed by atoms with van der Waals surface area (Å²) in [5.74, 6) is -0.305. The molecule has 1 aromatic heterocycles. The van der Waals surface area contributed by atoms with Gasteiger partial charge in [0.15, 0.2) is 0 Å². The lowest BCUT2D eigenvalue weighted by Crippen LogP contribution is -2.50. The molecule has 14 heteroatoms. The van der Waals surface area contributed by atoms with E-state index in [9.17, 15) is 27.9 Å². The molecule has 3 aliphatic heterocycles. The zero-order chi connectivity index (χ0) is 32.3. The molecular formula is C31H31ClF3N5O4S. The average molecular weight is 662 g/mol. The number of likely N-dealkylation sites (tertiary alicyclic amines) is 2. The number of benzene rings is 2. The summed E-state index contributed by atoms with van der Waals surface area (Å²) in [5, 5.41) is 20.4. The maximum absolute atomic E-state index is 14.0. The first-order chi connectivity index (χ1) is 21.2. The van der Waals surface area contributed by atoms with Crippen LogP contribution < -0.4 is 15.4 Å². The van der Waals surface area contributed by atoms with Gasteiger partial charge in [-0.25, -0.2) is 4.79 Å². The van der Waals surface area contributed by atoms with Gasteiger partial charge in [-0.3, -0.25) is 14.3 Å². The van der Waals surface area contributed by atoms with Crippen molar-refractivity contribution in [1.82, 2.24) is 14.4 Å². The molecule has 9 nitrogen and oxygen atoms in total. The van der Waals surface area contributed by atoms with Gasteiger partial charge < -0.3 is 14.7 Å². The Labute approximate surface area is 265 Å². The SMILES string of the molecule is CC(C)(C)OC(=O)N1C[C@@H]2C[C@H]1CN2CCn1c(O)c(C(Cc2ccc(Cl)cc2C(F)(F)F)=c2ccc3c(c2)C=NN=3)sc1=O. The van der Waals surface area contributed by atoms with Crippen LogP contribution in [0.3, 0.4) is 0 Å². The number of carbonyl (C=O) groups excluding carboxylic acids is 1. The largest absolute Gasteiger partial charge is 0.493 e. The topological polar surface area (TPSA) is 99.7 Å². The van der Waals surface area contributed by atoms with Gasteiger partial charge in [-0.1, -0.05) is 35.1 Å². The molecule has 2 aromatic carbocycles. The van der Waals surface area contributed by atoms with Crippen molar-refractivity contribution in [3.05, 3.63) is 83.2 Å². The van der Waals surface area contributed by atoms with Crippen molar-refractivity contribution in [3.8, 4) is 5.88 Å². The van der Waals surface area contributed by atoms with E-state index in [0.717, 1.165) is 23.8 Å². The normalized spacial score (nSPS) is 20.0. The molecule has 0 spiro atoms. The Hall–Kier alpha value is -3.68. The van der Waals surface area contributed by atoms with Gasteiger partial charge in [-0.05, 0) is 67.8 Å². The van der Waals surface area contributed by atoms with E-state index in [1.807, 2.05) is 20.8 Å². The van der Waals surface area contributed by atoms with E-state index in [2.05, 4.69) is 15.1 Å². The Bertz CT molecular complexity index is 1880. The molecule has 2 fully saturated rings. The van der Waals surface area contributed by atoms with E-state index in [0.29, 0.717) is 41.3 Å². The smallest absolute Gasteiger partial charge is 0.416 e. The van der Waals surface area contributed by atoms with Gasteiger partial charge in [-0.15, -0.1) is 0 Å². The molecule has 0 radical (unpaired) electrons. The van der Waals surface area contributed by atoms with Gasteiger partial charge >= 0.3 is 17.1 Å². The minimum atomic E-state index is -4.66. The van der Waals surface area contributed by atoms with Crippen LogP contribution in [0.5, 0.6) is 5.88 Å². The number of piperazine rings is 1. The van der Waals surface area contributed by atoms with Crippen LogP contribution in [0.1, 0.15) is 48.8 Å². The summed E-state index contributed by atoms with van der Waals surface area (Å²) in [6.45, 7) is 7.24. The molecule has 238 valence electrons. The van der Waals surface area contributed by atoms with Crippen LogP contribution in [0, 0.1) is 0 Å². The molecule has 2 atom stereocenters. The molecule has 0 aliphatic carbocycles. The Balaban J connectivity index is 1.29. The van der Waals surface area contributed by atoms with Crippen molar-refractivity contribution < 1.29 is 27.8 Å². The number of aromatic hydroxyl groups is 1. The van der Waals surface area contributed by atoms with Crippen LogP contribution in [0.25, 0.3) is 5.57 Å². The molecule has 3 aliphatic rings. The number of ether oxygens (including phenoxy) is 1. The molecule has 1 amide bonds. The molecule has 2 saturated heterocycles.